The lowest BCUT2D eigenvalue weighted by atomic mass is 10.1. The summed E-state index contributed by atoms with van der Waals surface area (Å²) < 4.78 is 3.93. The van der Waals surface area contributed by atoms with Crippen LogP contribution < -0.4 is 11.2 Å². The number of phenols is 1. The molecule has 0 atom stereocenters. The standard InChI is InChI=1S/C18H15BrN4O4/c1-3-4-9-22-14-15(20-17(22)19)21(2)18(27)23(16(14)26)10-13(25)11-7-5-6-8-12(11)24/h5-8,24H,9-10H2,1-2H3. The number of fused-ring (bicyclic) bond motifs is 1. The van der Waals surface area contributed by atoms with E-state index in [0.29, 0.717) is 4.73 Å². The summed E-state index contributed by atoms with van der Waals surface area (Å²) in [6.07, 6.45) is 0. The first-order valence-corrected chi connectivity index (χ1v) is 8.72. The number of benzene rings is 1. The fourth-order valence-corrected chi connectivity index (χ4v) is 3.20. The van der Waals surface area contributed by atoms with Gasteiger partial charge in [-0.15, -0.1) is 5.92 Å². The molecule has 8 nitrogen and oxygen atoms in total. The molecule has 0 unspecified atom stereocenters. The minimum Gasteiger partial charge on any atom is -0.507 e. The molecule has 1 N–H and O–H groups in total. The van der Waals surface area contributed by atoms with Crippen molar-refractivity contribution in [3.63, 3.8) is 0 Å². The summed E-state index contributed by atoms with van der Waals surface area (Å²) in [6.45, 7) is 1.38. The molecule has 27 heavy (non-hydrogen) atoms. The highest BCUT2D eigenvalue weighted by atomic mass is 79.9. The number of carbonyl (C=O) groups excluding carboxylic acids is 1. The number of rotatable bonds is 4. The lowest BCUT2D eigenvalue weighted by Gasteiger charge is -2.09. The van der Waals surface area contributed by atoms with Crippen molar-refractivity contribution in [1.82, 2.24) is 18.7 Å². The van der Waals surface area contributed by atoms with Gasteiger partial charge in [0, 0.05) is 7.05 Å². The van der Waals surface area contributed by atoms with Crippen molar-refractivity contribution in [2.45, 2.75) is 20.0 Å². The van der Waals surface area contributed by atoms with E-state index in [9.17, 15) is 19.5 Å². The summed E-state index contributed by atoms with van der Waals surface area (Å²) in [7, 11) is 1.47. The van der Waals surface area contributed by atoms with Crippen LogP contribution in [-0.2, 0) is 20.1 Å². The second-order valence-corrected chi connectivity index (χ2v) is 6.45. The maximum Gasteiger partial charge on any atom is 0.332 e. The average molecular weight is 431 g/mol. The summed E-state index contributed by atoms with van der Waals surface area (Å²) in [6, 6.07) is 5.97. The van der Waals surface area contributed by atoms with Gasteiger partial charge in [0.15, 0.2) is 21.7 Å². The van der Waals surface area contributed by atoms with E-state index in [0.717, 1.165) is 4.57 Å². The average Bonchev–Trinajstić information content (AvgIpc) is 2.98. The zero-order valence-corrected chi connectivity index (χ0v) is 16.1. The van der Waals surface area contributed by atoms with E-state index in [1.807, 2.05) is 0 Å². The summed E-state index contributed by atoms with van der Waals surface area (Å²) in [5.41, 5.74) is -0.918. The number of halogens is 1. The number of aromatic nitrogens is 4. The normalized spacial score (nSPS) is 10.6. The van der Waals surface area contributed by atoms with Gasteiger partial charge in [-0.3, -0.25) is 18.7 Å². The molecule has 1 aromatic carbocycles. The van der Waals surface area contributed by atoms with E-state index in [2.05, 4.69) is 32.8 Å². The number of phenolic OH excluding ortho intramolecular Hbond substituents is 1. The minimum atomic E-state index is -0.671. The second kappa shape index (κ2) is 7.25. The predicted molar refractivity (Wildman–Crippen MR) is 103 cm³/mol. The molecule has 0 radical (unpaired) electrons. The Kier molecular flexibility index (Phi) is 5.01. The Balaban J connectivity index is 2.20. The van der Waals surface area contributed by atoms with Gasteiger partial charge >= 0.3 is 5.69 Å². The molecule has 0 aliphatic carbocycles. The van der Waals surface area contributed by atoms with E-state index in [1.54, 1.807) is 19.1 Å². The van der Waals surface area contributed by atoms with E-state index in [-0.39, 0.29) is 29.0 Å². The van der Waals surface area contributed by atoms with Crippen LogP contribution in [0.3, 0.4) is 0 Å². The number of Topliss-reactive ketones (excluding diaryl/α,β-unsaturated/α-hetero) is 1. The number of aryl methyl sites for hydroxylation is 1. The molecular weight excluding hydrogens is 416 g/mol. The molecule has 3 aromatic rings. The number of carbonyl (C=O) groups is 1. The van der Waals surface area contributed by atoms with Crippen molar-refractivity contribution in [3.05, 3.63) is 55.4 Å². The zero-order valence-electron chi connectivity index (χ0n) is 14.6. The van der Waals surface area contributed by atoms with Gasteiger partial charge in [-0.2, -0.15) is 0 Å². The lowest BCUT2D eigenvalue weighted by Crippen LogP contribution is -2.41. The van der Waals surface area contributed by atoms with Crippen molar-refractivity contribution in [2.24, 2.45) is 7.05 Å². The van der Waals surface area contributed by atoms with Crippen molar-refractivity contribution < 1.29 is 9.90 Å². The van der Waals surface area contributed by atoms with Crippen LogP contribution in [0.15, 0.2) is 38.6 Å². The number of hydrogen-bond acceptors (Lipinski definition) is 5. The lowest BCUT2D eigenvalue weighted by molar-refractivity contribution is 0.0966. The molecule has 0 bridgehead atoms. The third kappa shape index (κ3) is 3.19. The molecule has 0 amide bonds. The van der Waals surface area contributed by atoms with Gasteiger partial charge < -0.3 is 9.67 Å². The fourth-order valence-electron chi connectivity index (χ4n) is 2.73. The van der Waals surface area contributed by atoms with Crippen molar-refractivity contribution in [1.29, 1.82) is 0 Å². The van der Waals surface area contributed by atoms with Gasteiger partial charge in [0.1, 0.15) is 5.75 Å². The molecule has 9 heteroatoms. The van der Waals surface area contributed by atoms with Crippen LogP contribution in [0.5, 0.6) is 5.75 Å². The Morgan fingerprint density at radius 2 is 1.96 bits per heavy atom. The number of aromatic hydroxyl groups is 1. The van der Waals surface area contributed by atoms with Crippen LogP contribution in [0, 0.1) is 11.8 Å². The van der Waals surface area contributed by atoms with Crippen LogP contribution in [0.25, 0.3) is 11.2 Å². The summed E-state index contributed by atoms with van der Waals surface area (Å²) in [4.78, 5) is 42.3. The first-order valence-electron chi connectivity index (χ1n) is 7.93. The highest BCUT2D eigenvalue weighted by molar-refractivity contribution is 9.10. The third-order valence-corrected chi connectivity index (χ3v) is 4.71. The molecule has 0 spiro atoms. The van der Waals surface area contributed by atoms with Crippen LogP contribution in [-0.4, -0.2) is 29.6 Å². The fraction of sp³-hybridized carbons (Fsp3) is 0.222. The van der Waals surface area contributed by atoms with E-state index in [1.165, 1.54) is 28.3 Å². The summed E-state index contributed by atoms with van der Waals surface area (Å²) in [5, 5.41) is 9.84. The predicted octanol–water partition coefficient (Wildman–Crippen LogP) is 1.27. The molecule has 0 aliphatic rings. The molecular formula is C18H15BrN4O4. The van der Waals surface area contributed by atoms with Gasteiger partial charge in [-0.1, -0.05) is 18.1 Å². The Labute approximate surface area is 161 Å². The van der Waals surface area contributed by atoms with E-state index < -0.39 is 23.6 Å². The molecule has 0 fully saturated rings. The highest BCUT2D eigenvalue weighted by Crippen LogP contribution is 2.18. The monoisotopic (exact) mass is 430 g/mol. The molecule has 0 saturated carbocycles. The number of imidazole rings is 1. The van der Waals surface area contributed by atoms with Gasteiger partial charge in [0.2, 0.25) is 0 Å². The zero-order chi connectivity index (χ0) is 19.7. The topological polar surface area (TPSA) is 99.1 Å². The van der Waals surface area contributed by atoms with Gasteiger partial charge in [-0.05, 0) is 35.0 Å². The van der Waals surface area contributed by atoms with Crippen LogP contribution in [0.2, 0.25) is 0 Å². The van der Waals surface area contributed by atoms with Crippen molar-refractivity contribution in [2.75, 3.05) is 0 Å². The SMILES string of the molecule is CC#CCn1c(Br)nc2c1c(=O)n(CC(=O)c1ccccc1O)c(=O)n2C. The minimum absolute atomic E-state index is 0.0399. The number of hydrogen-bond donors (Lipinski definition) is 1. The van der Waals surface area contributed by atoms with E-state index in [4.69, 9.17) is 0 Å². The third-order valence-electron chi connectivity index (χ3n) is 4.11. The molecule has 2 heterocycles. The van der Waals surface area contributed by atoms with Crippen molar-refractivity contribution in [3.8, 4) is 17.6 Å². The number of nitrogens with zero attached hydrogens (tertiary/aromatic N) is 4. The maximum atomic E-state index is 13.0. The van der Waals surface area contributed by atoms with Crippen LogP contribution in [0.1, 0.15) is 17.3 Å². The van der Waals surface area contributed by atoms with Crippen LogP contribution in [0.4, 0.5) is 0 Å². The van der Waals surface area contributed by atoms with Gasteiger partial charge in [0.25, 0.3) is 5.56 Å². The maximum absolute atomic E-state index is 13.0. The van der Waals surface area contributed by atoms with E-state index >= 15 is 0 Å². The first-order chi connectivity index (χ1) is 12.9. The summed E-state index contributed by atoms with van der Waals surface area (Å²) in [5.74, 6) is 4.83. The second-order valence-electron chi connectivity index (χ2n) is 5.74. The summed E-state index contributed by atoms with van der Waals surface area (Å²) >= 11 is 3.27. The van der Waals surface area contributed by atoms with Gasteiger partial charge in [-0.25, -0.2) is 9.78 Å². The Morgan fingerprint density at radius 3 is 2.63 bits per heavy atom. The van der Waals surface area contributed by atoms with Gasteiger partial charge in [0.05, 0.1) is 18.7 Å². The molecule has 138 valence electrons. The molecule has 0 aliphatic heterocycles. The highest BCUT2D eigenvalue weighted by Gasteiger charge is 2.21. The smallest absolute Gasteiger partial charge is 0.332 e. The Bertz CT molecular complexity index is 1240. The Hall–Kier alpha value is -3.12. The van der Waals surface area contributed by atoms with Crippen molar-refractivity contribution >= 4 is 32.9 Å². The first kappa shape index (κ1) is 18.7. The Morgan fingerprint density at radius 1 is 1.26 bits per heavy atom. The largest absolute Gasteiger partial charge is 0.507 e. The van der Waals surface area contributed by atoms with Crippen LogP contribution >= 0.6 is 15.9 Å². The number of ketones is 1. The quantitative estimate of drug-likeness (QED) is 0.381. The number of para-hydroxylation sites is 1. The molecule has 3 rings (SSSR count). The molecule has 2 aromatic heterocycles. The molecule has 0 saturated heterocycles.